The van der Waals surface area contributed by atoms with Crippen molar-refractivity contribution in [2.24, 2.45) is 0 Å². The van der Waals surface area contributed by atoms with Gasteiger partial charge in [0.25, 0.3) is 5.69 Å². The fourth-order valence-electron chi connectivity index (χ4n) is 1.42. The highest BCUT2D eigenvalue weighted by molar-refractivity contribution is 7.99. The lowest BCUT2D eigenvalue weighted by Gasteiger charge is -2.03. The largest absolute Gasteiger partial charge is 0.383 e. The minimum atomic E-state index is -0.571. The number of hydrogen-bond acceptors (Lipinski definition) is 8. The number of nitrogens with two attached hydrogens (primary N) is 2. The Balaban J connectivity index is 2.43. The van der Waals surface area contributed by atoms with Crippen molar-refractivity contribution in [1.82, 2.24) is 9.97 Å². The summed E-state index contributed by atoms with van der Waals surface area (Å²) in [6.07, 6.45) is 0. The van der Waals surface area contributed by atoms with Crippen molar-refractivity contribution < 1.29 is 4.92 Å². The third kappa shape index (κ3) is 2.93. The fourth-order valence-corrected chi connectivity index (χ4v) is 2.29. The molecule has 0 fully saturated rings. The van der Waals surface area contributed by atoms with Gasteiger partial charge in [-0.2, -0.15) is 5.26 Å². The molecule has 0 unspecified atom stereocenters. The predicted octanol–water partition coefficient (Wildman–Crippen LogP) is 1.57. The van der Waals surface area contributed by atoms with Crippen molar-refractivity contribution in [1.29, 1.82) is 5.26 Å². The number of nitriles is 1. The number of nitro groups is 1. The summed E-state index contributed by atoms with van der Waals surface area (Å²) in [4.78, 5) is 18.6. The van der Waals surface area contributed by atoms with Gasteiger partial charge in [-0.05, 0) is 23.9 Å². The highest BCUT2D eigenvalue weighted by atomic mass is 32.2. The van der Waals surface area contributed by atoms with Crippen LogP contribution in [0.4, 0.5) is 17.3 Å². The van der Waals surface area contributed by atoms with Crippen LogP contribution in [-0.2, 0) is 0 Å². The van der Waals surface area contributed by atoms with Crippen LogP contribution in [0.3, 0.4) is 0 Å². The number of nitro benzene ring substituents is 1. The van der Waals surface area contributed by atoms with Crippen molar-refractivity contribution in [3.63, 3.8) is 0 Å². The van der Waals surface area contributed by atoms with Crippen LogP contribution in [0.2, 0.25) is 0 Å². The first-order valence-electron chi connectivity index (χ1n) is 5.26. The number of rotatable bonds is 3. The van der Waals surface area contributed by atoms with Crippen LogP contribution in [-0.4, -0.2) is 14.9 Å². The summed E-state index contributed by atoms with van der Waals surface area (Å²) in [5, 5.41) is 20.0. The van der Waals surface area contributed by atoms with Gasteiger partial charge in [-0.1, -0.05) is 0 Å². The Morgan fingerprint density at radius 1 is 1.25 bits per heavy atom. The minimum Gasteiger partial charge on any atom is -0.383 e. The molecule has 1 aromatic heterocycles. The Morgan fingerprint density at radius 3 is 2.45 bits per heavy atom. The molecule has 0 bridgehead atoms. The highest BCUT2D eigenvalue weighted by Crippen LogP contribution is 2.34. The summed E-state index contributed by atoms with van der Waals surface area (Å²) in [5.41, 5.74) is 11.1. The van der Waals surface area contributed by atoms with Gasteiger partial charge >= 0.3 is 0 Å². The molecular weight excluding hydrogens is 280 g/mol. The number of nitrogens with zero attached hydrogens (tertiary/aromatic N) is 4. The normalized spacial score (nSPS) is 9.95. The SMILES string of the molecule is N#Cc1ccc(Sc2nc(N)cc(N)n2)c([N+](=O)[O-])c1. The molecule has 0 aliphatic rings. The number of hydrogen-bond donors (Lipinski definition) is 2. The van der Waals surface area contributed by atoms with E-state index in [9.17, 15) is 10.1 Å². The quantitative estimate of drug-likeness (QED) is 0.491. The Morgan fingerprint density at radius 2 is 1.90 bits per heavy atom. The second-order valence-corrected chi connectivity index (χ2v) is 4.66. The molecule has 0 aliphatic carbocycles. The Hall–Kier alpha value is -2.86. The third-order valence-electron chi connectivity index (χ3n) is 2.23. The van der Waals surface area contributed by atoms with Gasteiger partial charge in [0.15, 0.2) is 5.16 Å². The number of nitrogen functional groups attached to an aromatic ring is 2. The number of benzene rings is 1. The van der Waals surface area contributed by atoms with Gasteiger partial charge in [0.1, 0.15) is 11.6 Å². The highest BCUT2D eigenvalue weighted by Gasteiger charge is 2.17. The lowest BCUT2D eigenvalue weighted by atomic mass is 10.2. The zero-order chi connectivity index (χ0) is 14.7. The zero-order valence-electron chi connectivity index (χ0n) is 9.98. The molecule has 4 N–H and O–H groups in total. The van der Waals surface area contributed by atoms with E-state index in [4.69, 9.17) is 16.7 Å². The Bertz CT molecular complexity index is 707. The van der Waals surface area contributed by atoms with Crippen molar-refractivity contribution >= 4 is 29.1 Å². The van der Waals surface area contributed by atoms with E-state index in [1.165, 1.54) is 24.3 Å². The second-order valence-electron chi connectivity index (χ2n) is 3.65. The van der Waals surface area contributed by atoms with Gasteiger partial charge in [-0.15, -0.1) is 0 Å². The van der Waals surface area contributed by atoms with Gasteiger partial charge < -0.3 is 11.5 Å². The van der Waals surface area contributed by atoms with E-state index < -0.39 is 4.92 Å². The van der Waals surface area contributed by atoms with Gasteiger partial charge in [-0.25, -0.2) is 9.97 Å². The Kier molecular flexibility index (Phi) is 3.67. The molecule has 9 heteroatoms. The van der Waals surface area contributed by atoms with E-state index in [0.29, 0.717) is 4.90 Å². The smallest absolute Gasteiger partial charge is 0.284 e. The van der Waals surface area contributed by atoms with Crippen LogP contribution in [0, 0.1) is 21.4 Å². The van der Waals surface area contributed by atoms with E-state index in [0.717, 1.165) is 11.8 Å². The molecule has 0 atom stereocenters. The summed E-state index contributed by atoms with van der Waals surface area (Å²) >= 11 is 0.957. The molecule has 0 aliphatic heterocycles. The maximum Gasteiger partial charge on any atom is 0.284 e. The minimum absolute atomic E-state index is 0.177. The fraction of sp³-hybridized carbons (Fsp3) is 0. The molecule has 8 nitrogen and oxygen atoms in total. The summed E-state index contributed by atoms with van der Waals surface area (Å²) in [7, 11) is 0. The molecule has 100 valence electrons. The van der Waals surface area contributed by atoms with E-state index in [-0.39, 0.29) is 28.0 Å². The van der Waals surface area contributed by atoms with Crippen LogP contribution in [0.1, 0.15) is 5.56 Å². The first-order valence-corrected chi connectivity index (χ1v) is 6.07. The van der Waals surface area contributed by atoms with Crippen LogP contribution >= 0.6 is 11.8 Å². The number of anilines is 2. The molecule has 2 rings (SSSR count). The van der Waals surface area contributed by atoms with Crippen LogP contribution in [0.5, 0.6) is 0 Å². The van der Waals surface area contributed by atoms with Gasteiger partial charge in [0, 0.05) is 12.1 Å². The topological polar surface area (TPSA) is 145 Å². The molecule has 1 heterocycles. The average molecular weight is 288 g/mol. The average Bonchev–Trinajstić information content (AvgIpc) is 2.37. The van der Waals surface area contributed by atoms with Crippen LogP contribution in [0.25, 0.3) is 0 Å². The summed E-state index contributed by atoms with van der Waals surface area (Å²) < 4.78 is 0. The summed E-state index contributed by atoms with van der Waals surface area (Å²) in [6.45, 7) is 0. The molecule has 0 amide bonds. The first-order chi connectivity index (χ1) is 9.49. The van der Waals surface area contributed by atoms with E-state index in [1.54, 1.807) is 0 Å². The Labute approximate surface area is 117 Å². The van der Waals surface area contributed by atoms with Gasteiger partial charge in [-0.3, -0.25) is 10.1 Å². The molecule has 1 aromatic carbocycles. The molecule has 0 spiro atoms. The molecular formula is C11H8N6O2S. The van der Waals surface area contributed by atoms with E-state index in [2.05, 4.69) is 9.97 Å². The lowest BCUT2D eigenvalue weighted by molar-refractivity contribution is -0.387. The molecule has 0 saturated heterocycles. The third-order valence-corrected chi connectivity index (χ3v) is 3.16. The monoisotopic (exact) mass is 288 g/mol. The molecule has 2 aromatic rings. The van der Waals surface area contributed by atoms with Crippen molar-refractivity contribution in [2.45, 2.75) is 10.1 Å². The molecule has 0 saturated carbocycles. The van der Waals surface area contributed by atoms with Crippen molar-refractivity contribution in [3.8, 4) is 6.07 Å². The van der Waals surface area contributed by atoms with Gasteiger partial charge in [0.2, 0.25) is 0 Å². The van der Waals surface area contributed by atoms with E-state index in [1.807, 2.05) is 6.07 Å². The molecule has 20 heavy (non-hydrogen) atoms. The molecule has 0 radical (unpaired) electrons. The summed E-state index contributed by atoms with van der Waals surface area (Å²) in [5.74, 6) is 0.354. The van der Waals surface area contributed by atoms with E-state index >= 15 is 0 Å². The van der Waals surface area contributed by atoms with Crippen molar-refractivity contribution in [3.05, 3.63) is 39.9 Å². The maximum atomic E-state index is 11.0. The lowest BCUT2D eigenvalue weighted by Crippen LogP contribution is -1.99. The second kappa shape index (κ2) is 5.41. The standard InChI is InChI=1S/C11H8N6O2S/c12-5-6-1-2-8(7(3-6)17(18)19)20-11-15-9(13)4-10(14)16-11/h1-4H,(H4,13,14,15,16). The maximum absolute atomic E-state index is 11.0. The van der Waals surface area contributed by atoms with Crippen LogP contribution < -0.4 is 11.5 Å². The van der Waals surface area contributed by atoms with Crippen molar-refractivity contribution in [2.75, 3.05) is 11.5 Å². The van der Waals surface area contributed by atoms with Gasteiger partial charge in [0.05, 0.1) is 21.5 Å². The number of aromatic nitrogens is 2. The summed E-state index contributed by atoms with van der Waals surface area (Å²) in [6, 6.07) is 7.36. The predicted molar refractivity (Wildman–Crippen MR) is 72.8 cm³/mol. The van der Waals surface area contributed by atoms with Crippen LogP contribution in [0.15, 0.2) is 34.3 Å². The zero-order valence-corrected chi connectivity index (χ0v) is 10.8. The first kappa shape index (κ1) is 13.6.